The Kier molecular flexibility index (Phi) is 4.91. The van der Waals surface area contributed by atoms with E-state index in [1.807, 2.05) is 6.07 Å². The van der Waals surface area contributed by atoms with E-state index in [0.29, 0.717) is 23.9 Å². The molecule has 0 bridgehead atoms. The number of phenols is 1. The minimum atomic E-state index is -0.233. The molecule has 26 heavy (non-hydrogen) atoms. The third-order valence-electron chi connectivity index (χ3n) is 6.67. The van der Waals surface area contributed by atoms with Gasteiger partial charge in [0.15, 0.2) is 0 Å². The van der Waals surface area contributed by atoms with Gasteiger partial charge in [-0.25, -0.2) is 0 Å². The summed E-state index contributed by atoms with van der Waals surface area (Å²) in [5, 5.41) is 13.5. The monoisotopic (exact) mass is 359 g/mol. The number of phenolic OH excluding ortho intramolecular Hbond substituents is 1. The lowest BCUT2D eigenvalue weighted by molar-refractivity contribution is -0.184. The fourth-order valence-electron chi connectivity index (χ4n) is 5.18. The standard InChI is InChI=1S/C22H33NO3/c1-14(2)5-4-9-22(3)18-11-15-13-23-10-8-19(15)25-21(18)17-7-6-16(24)12-20(17)26-22/h6-7,12,14-15,18-19,21,23-24H,4-5,8-11,13H2,1-3H3/t15-,18-,19-,21+,22-/m1/s1. The topological polar surface area (TPSA) is 50.7 Å². The quantitative estimate of drug-likeness (QED) is 0.835. The molecule has 2 saturated heterocycles. The molecule has 0 saturated carbocycles. The summed E-state index contributed by atoms with van der Waals surface area (Å²) >= 11 is 0. The van der Waals surface area contributed by atoms with Crippen molar-refractivity contribution in [2.45, 2.75) is 70.7 Å². The van der Waals surface area contributed by atoms with Gasteiger partial charge in [-0.1, -0.05) is 20.3 Å². The molecule has 2 N–H and O–H groups in total. The van der Waals surface area contributed by atoms with Gasteiger partial charge >= 0.3 is 0 Å². The molecule has 3 aliphatic rings. The first-order valence-electron chi connectivity index (χ1n) is 10.3. The second-order valence-electron chi connectivity index (χ2n) is 9.11. The maximum atomic E-state index is 9.96. The normalized spacial score (nSPS) is 36.0. The van der Waals surface area contributed by atoms with E-state index in [9.17, 15) is 5.11 Å². The predicted octanol–water partition coefficient (Wildman–Crippen LogP) is 4.43. The summed E-state index contributed by atoms with van der Waals surface area (Å²) in [6.07, 6.45) is 6.10. The Balaban J connectivity index is 1.64. The maximum absolute atomic E-state index is 9.96. The SMILES string of the molecule is CC(C)CCC[C@@]1(C)Oc2cc(O)ccc2[C@@H]2O[C@@H]3CCNC[C@H]3C[C@H]21. The van der Waals surface area contributed by atoms with Crippen molar-refractivity contribution in [3.63, 3.8) is 0 Å². The number of benzene rings is 1. The number of rotatable bonds is 4. The summed E-state index contributed by atoms with van der Waals surface area (Å²) in [5.74, 6) is 2.74. The number of fused-ring (bicyclic) bond motifs is 4. The Morgan fingerprint density at radius 2 is 2.19 bits per heavy atom. The number of nitrogens with one attached hydrogen (secondary N) is 1. The van der Waals surface area contributed by atoms with Crippen LogP contribution in [-0.4, -0.2) is 29.9 Å². The van der Waals surface area contributed by atoms with Crippen LogP contribution in [-0.2, 0) is 4.74 Å². The smallest absolute Gasteiger partial charge is 0.129 e. The molecule has 0 spiro atoms. The first-order chi connectivity index (χ1) is 12.5. The third-order valence-corrected chi connectivity index (χ3v) is 6.67. The molecule has 0 amide bonds. The molecule has 4 rings (SSSR count). The van der Waals surface area contributed by atoms with Gasteiger partial charge in [0, 0.05) is 24.1 Å². The molecule has 0 radical (unpaired) electrons. The number of piperidine rings is 1. The number of hydrogen-bond acceptors (Lipinski definition) is 4. The van der Waals surface area contributed by atoms with Gasteiger partial charge in [0.2, 0.25) is 0 Å². The van der Waals surface area contributed by atoms with Crippen LogP contribution < -0.4 is 10.1 Å². The molecule has 1 aromatic carbocycles. The zero-order valence-electron chi connectivity index (χ0n) is 16.3. The molecular weight excluding hydrogens is 326 g/mol. The highest BCUT2D eigenvalue weighted by Gasteiger charge is 2.52. The van der Waals surface area contributed by atoms with Crippen LogP contribution in [0.4, 0.5) is 0 Å². The van der Waals surface area contributed by atoms with Gasteiger partial charge in [-0.05, 0) is 63.1 Å². The van der Waals surface area contributed by atoms with E-state index >= 15 is 0 Å². The van der Waals surface area contributed by atoms with E-state index in [4.69, 9.17) is 9.47 Å². The number of ether oxygens (including phenoxy) is 2. The number of hydrogen-bond donors (Lipinski definition) is 2. The minimum absolute atomic E-state index is 0.0859. The molecule has 3 heterocycles. The van der Waals surface area contributed by atoms with E-state index < -0.39 is 0 Å². The van der Waals surface area contributed by atoms with Crippen molar-refractivity contribution in [2.75, 3.05) is 13.1 Å². The van der Waals surface area contributed by atoms with Crippen LogP contribution in [0.25, 0.3) is 0 Å². The molecule has 0 aromatic heterocycles. The molecule has 2 fully saturated rings. The molecule has 5 atom stereocenters. The lowest BCUT2D eigenvalue weighted by Gasteiger charge is -2.53. The van der Waals surface area contributed by atoms with E-state index in [1.165, 1.54) is 6.42 Å². The molecule has 0 aliphatic carbocycles. The number of aromatic hydroxyl groups is 1. The summed E-state index contributed by atoms with van der Waals surface area (Å²) < 4.78 is 13.3. The summed E-state index contributed by atoms with van der Waals surface area (Å²) in [6.45, 7) is 8.92. The molecule has 4 nitrogen and oxygen atoms in total. The summed E-state index contributed by atoms with van der Waals surface area (Å²) in [7, 11) is 0. The van der Waals surface area contributed by atoms with Crippen LogP contribution in [0.1, 0.15) is 64.5 Å². The first kappa shape index (κ1) is 18.1. The predicted molar refractivity (Wildman–Crippen MR) is 103 cm³/mol. The van der Waals surface area contributed by atoms with Gasteiger partial charge in [0.25, 0.3) is 0 Å². The van der Waals surface area contributed by atoms with Crippen LogP contribution in [0, 0.1) is 17.8 Å². The van der Waals surface area contributed by atoms with Crippen molar-refractivity contribution in [1.82, 2.24) is 5.32 Å². The maximum Gasteiger partial charge on any atom is 0.129 e. The van der Waals surface area contributed by atoms with E-state index in [2.05, 4.69) is 26.1 Å². The Hall–Kier alpha value is -1.26. The highest BCUT2D eigenvalue weighted by Crippen LogP contribution is 2.54. The Bertz CT molecular complexity index is 646. The van der Waals surface area contributed by atoms with Crippen molar-refractivity contribution in [1.29, 1.82) is 0 Å². The van der Waals surface area contributed by atoms with E-state index in [-0.39, 0.29) is 17.5 Å². The van der Waals surface area contributed by atoms with Crippen molar-refractivity contribution in [2.24, 2.45) is 17.8 Å². The van der Waals surface area contributed by atoms with Crippen LogP contribution >= 0.6 is 0 Å². The van der Waals surface area contributed by atoms with E-state index in [1.54, 1.807) is 12.1 Å². The summed E-state index contributed by atoms with van der Waals surface area (Å²) in [4.78, 5) is 0. The summed E-state index contributed by atoms with van der Waals surface area (Å²) in [6, 6.07) is 5.53. The van der Waals surface area contributed by atoms with Gasteiger partial charge in [-0.2, -0.15) is 0 Å². The Morgan fingerprint density at radius 3 is 3.00 bits per heavy atom. The molecule has 0 unspecified atom stereocenters. The Morgan fingerprint density at radius 1 is 1.35 bits per heavy atom. The van der Waals surface area contributed by atoms with Gasteiger partial charge in [-0.15, -0.1) is 0 Å². The van der Waals surface area contributed by atoms with Gasteiger partial charge in [0.1, 0.15) is 17.1 Å². The van der Waals surface area contributed by atoms with E-state index in [0.717, 1.165) is 50.1 Å². The fourth-order valence-corrected chi connectivity index (χ4v) is 5.18. The zero-order valence-corrected chi connectivity index (χ0v) is 16.3. The highest BCUT2D eigenvalue weighted by molar-refractivity contribution is 5.44. The van der Waals surface area contributed by atoms with Crippen molar-refractivity contribution in [3.05, 3.63) is 23.8 Å². The largest absolute Gasteiger partial charge is 0.508 e. The summed E-state index contributed by atoms with van der Waals surface area (Å²) in [5.41, 5.74) is 0.883. The molecule has 3 aliphatic heterocycles. The third kappa shape index (κ3) is 3.34. The molecular formula is C22H33NO3. The average molecular weight is 360 g/mol. The van der Waals surface area contributed by atoms with Crippen molar-refractivity contribution < 1.29 is 14.6 Å². The van der Waals surface area contributed by atoms with Crippen LogP contribution in [0.5, 0.6) is 11.5 Å². The van der Waals surface area contributed by atoms with Crippen LogP contribution in [0.3, 0.4) is 0 Å². The molecule has 144 valence electrons. The lowest BCUT2D eigenvalue weighted by atomic mass is 9.68. The van der Waals surface area contributed by atoms with Gasteiger partial charge in [0.05, 0.1) is 12.2 Å². The highest BCUT2D eigenvalue weighted by atomic mass is 16.5. The fraction of sp³-hybridized carbons (Fsp3) is 0.727. The molecule has 1 aromatic rings. The van der Waals surface area contributed by atoms with Crippen molar-refractivity contribution >= 4 is 0 Å². The van der Waals surface area contributed by atoms with Crippen LogP contribution in [0.2, 0.25) is 0 Å². The average Bonchev–Trinajstić information content (AvgIpc) is 2.60. The lowest BCUT2D eigenvalue weighted by Crippen LogP contribution is -2.55. The first-order valence-corrected chi connectivity index (χ1v) is 10.3. The Labute approximate surface area is 157 Å². The second kappa shape index (κ2) is 7.05. The van der Waals surface area contributed by atoms with Gasteiger partial charge in [-0.3, -0.25) is 0 Å². The van der Waals surface area contributed by atoms with Gasteiger partial charge < -0.3 is 19.9 Å². The minimum Gasteiger partial charge on any atom is -0.508 e. The van der Waals surface area contributed by atoms with Crippen molar-refractivity contribution in [3.8, 4) is 11.5 Å². The second-order valence-corrected chi connectivity index (χ2v) is 9.11. The zero-order chi connectivity index (χ0) is 18.3. The van der Waals surface area contributed by atoms with Crippen LogP contribution in [0.15, 0.2) is 18.2 Å². The molecule has 4 heteroatoms.